The average Bonchev–Trinajstić information content (AvgIpc) is 3.20. The minimum Gasteiger partial charge on any atom is -0.454 e. The zero-order valence-electron chi connectivity index (χ0n) is 14.9. The molecule has 1 aliphatic carbocycles. The maximum absolute atomic E-state index is 13.1. The fourth-order valence-electron chi connectivity index (χ4n) is 3.79. The van der Waals surface area contributed by atoms with Gasteiger partial charge in [0.2, 0.25) is 12.7 Å². The Morgan fingerprint density at radius 1 is 0.963 bits per heavy atom. The van der Waals surface area contributed by atoms with Gasteiger partial charge >= 0.3 is 0 Å². The molecule has 1 aliphatic heterocycles. The number of ether oxygens (including phenoxy) is 2. The standard InChI is InChI=1S/C20H21N3O4/c24-18(15-6-2-5-11-21-15)22-23-19(25)20(9-3-1-4-10-20)14-7-8-16-17(12-14)27-13-26-16/h2,5-8,11-12H,1,3-4,9-10,13H2,(H,22,24)(H,23,25). The lowest BCUT2D eigenvalue weighted by Gasteiger charge is -2.36. The lowest BCUT2D eigenvalue weighted by molar-refractivity contribution is -0.128. The Morgan fingerprint density at radius 2 is 1.78 bits per heavy atom. The summed E-state index contributed by atoms with van der Waals surface area (Å²) in [5.41, 5.74) is 5.53. The molecule has 4 rings (SSSR count). The summed E-state index contributed by atoms with van der Waals surface area (Å²) >= 11 is 0. The third-order valence-electron chi connectivity index (χ3n) is 5.25. The van der Waals surface area contributed by atoms with E-state index < -0.39 is 11.3 Å². The number of benzene rings is 1. The number of nitrogens with zero attached hydrogens (tertiary/aromatic N) is 1. The fraction of sp³-hybridized carbons (Fsp3) is 0.350. The number of amides is 2. The van der Waals surface area contributed by atoms with Crippen molar-refractivity contribution in [1.82, 2.24) is 15.8 Å². The van der Waals surface area contributed by atoms with Crippen LogP contribution in [0.2, 0.25) is 0 Å². The van der Waals surface area contributed by atoms with Crippen LogP contribution in [0.15, 0.2) is 42.6 Å². The second-order valence-corrected chi connectivity index (χ2v) is 6.83. The van der Waals surface area contributed by atoms with Crippen LogP contribution in [-0.4, -0.2) is 23.6 Å². The van der Waals surface area contributed by atoms with Gasteiger partial charge in [0, 0.05) is 6.20 Å². The highest BCUT2D eigenvalue weighted by Crippen LogP contribution is 2.43. The van der Waals surface area contributed by atoms with Crippen molar-refractivity contribution in [2.75, 3.05) is 6.79 Å². The molecule has 27 heavy (non-hydrogen) atoms. The van der Waals surface area contributed by atoms with Crippen LogP contribution in [0, 0.1) is 0 Å². The molecule has 0 spiro atoms. The van der Waals surface area contributed by atoms with Crippen LogP contribution in [0.25, 0.3) is 0 Å². The SMILES string of the molecule is O=C(NNC(=O)C1(c2ccc3c(c2)OCO3)CCCCC1)c1ccccn1. The van der Waals surface area contributed by atoms with E-state index >= 15 is 0 Å². The first-order valence-electron chi connectivity index (χ1n) is 9.11. The molecule has 1 saturated carbocycles. The maximum atomic E-state index is 13.1. The van der Waals surface area contributed by atoms with Crippen LogP contribution in [0.4, 0.5) is 0 Å². The number of fused-ring (bicyclic) bond motifs is 1. The second-order valence-electron chi connectivity index (χ2n) is 6.83. The van der Waals surface area contributed by atoms with Gasteiger partial charge in [0.25, 0.3) is 5.91 Å². The predicted octanol–water partition coefficient (Wildman–Crippen LogP) is 2.47. The first-order valence-corrected chi connectivity index (χ1v) is 9.11. The summed E-state index contributed by atoms with van der Waals surface area (Å²) in [7, 11) is 0. The summed E-state index contributed by atoms with van der Waals surface area (Å²) in [5.74, 6) is 0.683. The zero-order chi connectivity index (χ0) is 18.7. The van der Waals surface area contributed by atoms with Gasteiger partial charge in [-0.1, -0.05) is 31.4 Å². The highest BCUT2D eigenvalue weighted by atomic mass is 16.7. The van der Waals surface area contributed by atoms with Gasteiger partial charge in [0.05, 0.1) is 5.41 Å². The van der Waals surface area contributed by atoms with E-state index in [0.717, 1.165) is 37.7 Å². The summed E-state index contributed by atoms with van der Waals surface area (Å²) in [6, 6.07) is 10.7. The highest BCUT2D eigenvalue weighted by molar-refractivity contribution is 5.95. The Bertz CT molecular complexity index is 848. The third-order valence-corrected chi connectivity index (χ3v) is 5.25. The second kappa shape index (κ2) is 7.26. The van der Waals surface area contributed by atoms with Crippen molar-refractivity contribution in [3.05, 3.63) is 53.9 Å². The van der Waals surface area contributed by atoms with E-state index in [1.807, 2.05) is 18.2 Å². The smallest absolute Gasteiger partial charge is 0.288 e. The van der Waals surface area contributed by atoms with Crippen LogP contribution < -0.4 is 20.3 Å². The number of hydrogen-bond acceptors (Lipinski definition) is 5. The monoisotopic (exact) mass is 367 g/mol. The molecule has 140 valence electrons. The van der Waals surface area contributed by atoms with E-state index in [9.17, 15) is 9.59 Å². The van der Waals surface area contributed by atoms with Crippen LogP contribution >= 0.6 is 0 Å². The van der Waals surface area contributed by atoms with E-state index in [1.54, 1.807) is 18.2 Å². The normalized spacial score (nSPS) is 17.2. The Hall–Kier alpha value is -3.09. The van der Waals surface area contributed by atoms with Gasteiger partial charge in [-0.2, -0.15) is 0 Å². The molecular weight excluding hydrogens is 346 g/mol. The van der Waals surface area contributed by atoms with Gasteiger partial charge in [-0.15, -0.1) is 0 Å². The van der Waals surface area contributed by atoms with Gasteiger partial charge in [0.1, 0.15) is 5.69 Å². The number of carbonyl (C=O) groups is 2. The average molecular weight is 367 g/mol. The molecule has 0 saturated heterocycles. The van der Waals surface area contributed by atoms with Crippen LogP contribution in [0.5, 0.6) is 11.5 Å². The quantitative estimate of drug-likeness (QED) is 0.814. The summed E-state index contributed by atoms with van der Waals surface area (Å²) < 4.78 is 10.9. The third kappa shape index (κ3) is 3.32. The van der Waals surface area contributed by atoms with E-state index in [2.05, 4.69) is 15.8 Å². The van der Waals surface area contributed by atoms with Crippen molar-refractivity contribution in [3.63, 3.8) is 0 Å². The molecule has 2 heterocycles. The van der Waals surface area contributed by atoms with Crippen LogP contribution in [0.3, 0.4) is 0 Å². The molecule has 2 aliphatic rings. The van der Waals surface area contributed by atoms with Crippen LogP contribution in [0.1, 0.15) is 48.2 Å². The van der Waals surface area contributed by atoms with Gasteiger partial charge in [-0.05, 0) is 42.7 Å². The molecule has 1 aromatic carbocycles. The molecule has 7 nitrogen and oxygen atoms in total. The lowest BCUT2D eigenvalue weighted by atomic mass is 9.69. The molecule has 0 atom stereocenters. The van der Waals surface area contributed by atoms with E-state index in [4.69, 9.17) is 9.47 Å². The Morgan fingerprint density at radius 3 is 2.56 bits per heavy atom. The van der Waals surface area contributed by atoms with E-state index in [0.29, 0.717) is 11.5 Å². The summed E-state index contributed by atoms with van der Waals surface area (Å²) in [5, 5.41) is 0. The zero-order valence-corrected chi connectivity index (χ0v) is 14.9. The molecule has 0 bridgehead atoms. The molecule has 0 unspecified atom stereocenters. The molecule has 1 aromatic heterocycles. The van der Waals surface area contributed by atoms with Crippen molar-refractivity contribution < 1.29 is 19.1 Å². The minimum atomic E-state index is -0.698. The maximum Gasteiger partial charge on any atom is 0.288 e. The minimum absolute atomic E-state index is 0.193. The van der Waals surface area contributed by atoms with Crippen LogP contribution in [-0.2, 0) is 10.2 Å². The fourth-order valence-corrected chi connectivity index (χ4v) is 3.79. The topological polar surface area (TPSA) is 89.6 Å². The number of pyridine rings is 1. The Kier molecular flexibility index (Phi) is 4.66. The number of hydrazine groups is 1. The Labute approximate surface area is 157 Å². The van der Waals surface area contributed by atoms with Crippen molar-refractivity contribution in [2.45, 2.75) is 37.5 Å². The summed E-state index contributed by atoms with van der Waals surface area (Å²) in [6.07, 6.45) is 5.98. The lowest BCUT2D eigenvalue weighted by Crippen LogP contribution is -2.52. The van der Waals surface area contributed by atoms with Crippen molar-refractivity contribution in [1.29, 1.82) is 0 Å². The van der Waals surface area contributed by atoms with E-state index in [1.165, 1.54) is 6.20 Å². The molecular formula is C20H21N3O4. The predicted molar refractivity (Wildman–Crippen MR) is 97.2 cm³/mol. The van der Waals surface area contributed by atoms with Crippen molar-refractivity contribution >= 4 is 11.8 Å². The first-order chi connectivity index (χ1) is 13.2. The number of nitrogens with one attached hydrogen (secondary N) is 2. The molecule has 2 amide bonds. The molecule has 0 radical (unpaired) electrons. The summed E-state index contributed by atoms with van der Waals surface area (Å²) in [6.45, 7) is 0.193. The number of rotatable bonds is 3. The molecule has 1 fully saturated rings. The van der Waals surface area contributed by atoms with E-state index in [-0.39, 0.29) is 18.4 Å². The van der Waals surface area contributed by atoms with Crippen molar-refractivity contribution in [2.24, 2.45) is 0 Å². The molecule has 7 heteroatoms. The molecule has 2 aromatic rings. The largest absolute Gasteiger partial charge is 0.454 e. The Balaban J connectivity index is 1.54. The highest BCUT2D eigenvalue weighted by Gasteiger charge is 2.42. The van der Waals surface area contributed by atoms with Crippen molar-refractivity contribution in [3.8, 4) is 11.5 Å². The number of aromatic nitrogens is 1. The first kappa shape index (κ1) is 17.3. The van der Waals surface area contributed by atoms with Gasteiger partial charge < -0.3 is 9.47 Å². The van der Waals surface area contributed by atoms with Gasteiger partial charge in [-0.25, -0.2) is 0 Å². The number of hydrogen-bond donors (Lipinski definition) is 2. The summed E-state index contributed by atoms with van der Waals surface area (Å²) in [4.78, 5) is 29.3. The molecule has 2 N–H and O–H groups in total. The number of carbonyl (C=O) groups excluding carboxylic acids is 2. The van der Waals surface area contributed by atoms with Gasteiger partial charge in [0.15, 0.2) is 11.5 Å². The van der Waals surface area contributed by atoms with Gasteiger partial charge in [-0.3, -0.25) is 25.4 Å².